The molecule has 9 heteroatoms. The first kappa shape index (κ1) is 21.0. The second-order valence-electron chi connectivity index (χ2n) is 7.74. The summed E-state index contributed by atoms with van der Waals surface area (Å²) in [5.74, 6) is -0.754. The molecule has 0 saturated carbocycles. The van der Waals surface area contributed by atoms with Crippen molar-refractivity contribution in [3.63, 3.8) is 0 Å². The molecule has 4 aromatic rings. The van der Waals surface area contributed by atoms with Crippen LogP contribution < -0.4 is 0 Å². The fourth-order valence-electron chi connectivity index (χ4n) is 4.47. The molecule has 1 aliphatic heterocycles. The highest BCUT2D eigenvalue weighted by Crippen LogP contribution is 2.40. The maximum Gasteiger partial charge on any atom is 0.339 e. The minimum Gasteiger partial charge on any atom is -0.465 e. The average Bonchev–Trinajstić information content (AvgIpc) is 3.13. The van der Waals surface area contributed by atoms with Crippen molar-refractivity contribution in [2.75, 3.05) is 20.3 Å². The van der Waals surface area contributed by atoms with Crippen molar-refractivity contribution in [1.82, 2.24) is 19.5 Å². The highest BCUT2D eigenvalue weighted by molar-refractivity contribution is 9.10. The summed E-state index contributed by atoms with van der Waals surface area (Å²) in [5, 5.41) is 0.698. The standard InChI is InChI=1S/C23H20BrFN4O3/c1-31-23(30)14-9-16-19-18(10-15(24)12-27-19)29(22(16)28-11-14)21(13-4-7-32-8-5-13)20-17(25)3-2-6-26-20/h2-3,6,9-13,21H,4-5,7-8H2,1H3/t21-/m0/s1. The van der Waals surface area contributed by atoms with Gasteiger partial charge in [0.1, 0.15) is 11.5 Å². The molecule has 32 heavy (non-hydrogen) atoms. The van der Waals surface area contributed by atoms with Crippen LogP contribution >= 0.6 is 15.9 Å². The van der Waals surface area contributed by atoms with Gasteiger partial charge in [-0.2, -0.15) is 0 Å². The number of carbonyl (C=O) groups is 1. The molecular weight excluding hydrogens is 479 g/mol. The van der Waals surface area contributed by atoms with Crippen LogP contribution in [0, 0.1) is 11.7 Å². The fourth-order valence-corrected chi connectivity index (χ4v) is 4.79. The van der Waals surface area contributed by atoms with E-state index in [-0.39, 0.29) is 11.7 Å². The molecule has 7 nitrogen and oxygen atoms in total. The minimum absolute atomic E-state index is 0.0908. The number of ether oxygens (including phenoxy) is 2. The van der Waals surface area contributed by atoms with Crippen LogP contribution in [0.15, 0.2) is 47.3 Å². The van der Waals surface area contributed by atoms with Crippen LogP contribution in [0.2, 0.25) is 0 Å². The summed E-state index contributed by atoms with van der Waals surface area (Å²) in [5.41, 5.74) is 2.76. The molecule has 1 saturated heterocycles. The van der Waals surface area contributed by atoms with Gasteiger partial charge in [-0.25, -0.2) is 14.2 Å². The highest BCUT2D eigenvalue weighted by atomic mass is 79.9. The number of nitrogens with zero attached hydrogens (tertiary/aromatic N) is 4. The summed E-state index contributed by atoms with van der Waals surface area (Å²) in [6.45, 7) is 1.21. The molecule has 1 fully saturated rings. The van der Waals surface area contributed by atoms with Crippen molar-refractivity contribution in [2.45, 2.75) is 18.9 Å². The van der Waals surface area contributed by atoms with Crippen molar-refractivity contribution < 1.29 is 18.7 Å². The lowest BCUT2D eigenvalue weighted by atomic mass is 9.88. The van der Waals surface area contributed by atoms with Gasteiger partial charge in [0.15, 0.2) is 0 Å². The van der Waals surface area contributed by atoms with E-state index in [0.717, 1.165) is 22.8 Å². The Balaban J connectivity index is 1.83. The number of halogens is 2. The number of rotatable bonds is 4. The zero-order valence-electron chi connectivity index (χ0n) is 17.3. The summed E-state index contributed by atoms with van der Waals surface area (Å²) in [4.78, 5) is 25.8. The monoisotopic (exact) mass is 498 g/mol. The molecule has 0 aromatic carbocycles. The zero-order valence-corrected chi connectivity index (χ0v) is 18.9. The molecule has 1 aliphatic rings. The Hall–Kier alpha value is -2.91. The second-order valence-corrected chi connectivity index (χ2v) is 8.66. The molecule has 0 spiro atoms. The lowest BCUT2D eigenvalue weighted by molar-refractivity contribution is 0.0542. The van der Waals surface area contributed by atoms with Crippen LogP contribution in [0.3, 0.4) is 0 Å². The van der Waals surface area contributed by atoms with E-state index in [0.29, 0.717) is 41.0 Å². The Morgan fingerprint density at radius 2 is 2.06 bits per heavy atom. The molecule has 1 atom stereocenters. The molecule has 5 heterocycles. The highest BCUT2D eigenvalue weighted by Gasteiger charge is 2.33. The van der Waals surface area contributed by atoms with E-state index in [4.69, 9.17) is 9.47 Å². The number of pyridine rings is 3. The van der Waals surface area contributed by atoms with Crippen molar-refractivity contribution in [3.05, 3.63) is 64.4 Å². The van der Waals surface area contributed by atoms with Crippen LogP contribution in [0.1, 0.15) is 34.9 Å². The predicted molar refractivity (Wildman–Crippen MR) is 120 cm³/mol. The Morgan fingerprint density at radius 1 is 1.25 bits per heavy atom. The largest absolute Gasteiger partial charge is 0.465 e. The van der Waals surface area contributed by atoms with Gasteiger partial charge in [-0.3, -0.25) is 9.97 Å². The third-order valence-corrected chi connectivity index (χ3v) is 6.36. The summed E-state index contributed by atoms with van der Waals surface area (Å²) in [6, 6.07) is 6.27. The average molecular weight is 499 g/mol. The van der Waals surface area contributed by atoms with Gasteiger partial charge in [0.2, 0.25) is 0 Å². The van der Waals surface area contributed by atoms with E-state index in [1.165, 1.54) is 19.4 Å². The lowest BCUT2D eigenvalue weighted by Gasteiger charge is -2.32. The predicted octanol–water partition coefficient (Wildman–Crippen LogP) is 4.68. The van der Waals surface area contributed by atoms with Gasteiger partial charge in [-0.15, -0.1) is 0 Å². The summed E-state index contributed by atoms with van der Waals surface area (Å²) in [6.07, 6.45) is 6.32. The van der Waals surface area contributed by atoms with Gasteiger partial charge in [0, 0.05) is 41.7 Å². The molecule has 164 valence electrons. The fraction of sp³-hybridized carbons (Fsp3) is 0.304. The van der Waals surface area contributed by atoms with E-state index in [1.807, 2.05) is 10.6 Å². The third-order valence-electron chi connectivity index (χ3n) is 5.92. The van der Waals surface area contributed by atoms with Gasteiger partial charge in [0.25, 0.3) is 0 Å². The van der Waals surface area contributed by atoms with Crippen LogP contribution in [-0.4, -0.2) is 45.8 Å². The molecule has 0 N–H and O–H groups in total. The van der Waals surface area contributed by atoms with E-state index in [1.54, 1.807) is 24.5 Å². The van der Waals surface area contributed by atoms with Crippen LogP contribution in [0.25, 0.3) is 22.1 Å². The number of carbonyl (C=O) groups excluding carboxylic acids is 1. The number of methoxy groups -OCH3 is 1. The number of fused-ring (bicyclic) bond motifs is 3. The summed E-state index contributed by atoms with van der Waals surface area (Å²) in [7, 11) is 1.33. The van der Waals surface area contributed by atoms with Crippen LogP contribution in [0.4, 0.5) is 4.39 Å². The summed E-state index contributed by atoms with van der Waals surface area (Å²) < 4.78 is 28.3. The van der Waals surface area contributed by atoms with Crippen molar-refractivity contribution >= 4 is 44.0 Å². The smallest absolute Gasteiger partial charge is 0.339 e. The van der Waals surface area contributed by atoms with Gasteiger partial charge < -0.3 is 14.0 Å². The number of hydrogen-bond donors (Lipinski definition) is 0. The van der Waals surface area contributed by atoms with Gasteiger partial charge in [0.05, 0.1) is 35.4 Å². The molecule has 0 radical (unpaired) electrons. The van der Waals surface area contributed by atoms with E-state index < -0.39 is 12.0 Å². The third kappa shape index (κ3) is 3.55. The first-order chi connectivity index (χ1) is 15.6. The molecule has 0 aliphatic carbocycles. The van der Waals surface area contributed by atoms with Crippen molar-refractivity contribution in [3.8, 4) is 0 Å². The summed E-state index contributed by atoms with van der Waals surface area (Å²) >= 11 is 3.51. The van der Waals surface area contributed by atoms with Crippen LogP contribution in [-0.2, 0) is 9.47 Å². The van der Waals surface area contributed by atoms with Gasteiger partial charge in [-0.1, -0.05) is 0 Å². The maximum atomic E-state index is 15.1. The first-order valence-electron chi connectivity index (χ1n) is 10.3. The van der Waals surface area contributed by atoms with E-state index in [2.05, 4.69) is 30.9 Å². The molecular formula is C23H20BrFN4O3. The second kappa shape index (κ2) is 8.55. The molecule has 0 amide bonds. The van der Waals surface area contributed by atoms with E-state index in [9.17, 15) is 4.79 Å². The van der Waals surface area contributed by atoms with Crippen molar-refractivity contribution in [1.29, 1.82) is 0 Å². The molecule has 0 unspecified atom stereocenters. The Bertz CT molecular complexity index is 1320. The minimum atomic E-state index is -0.478. The lowest BCUT2D eigenvalue weighted by Crippen LogP contribution is -2.28. The normalized spacial score (nSPS) is 15.8. The maximum absolute atomic E-state index is 15.1. The van der Waals surface area contributed by atoms with E-state index >= 15 is 4.39 Å². The van der Waals surface area contributed by atoms with Crippen LogP contribution in [0.5, 0.6) is 0 Å². The molecule has 4 aromatic heterocycles. The Kier molecular flexibility index (Phi) is 5.60. The topological polar surface area (TPSA) is 79.1 Å². The molecule has 0 bridgehead atoms. The SMILES string of the molecule is COC(=O)c1cnc2c(c1)c1ncc(Br)cc1n2[C@H](c1ncccc1F)C1CCOCC1. The first-order valence-corrected chi connectivity index (χ1v) is 11.1. The molecule has 5 rings (SSSR count). The quantitative estimate of drug-likeness (QED) is 0.380. The number of hydrogen-bond acceptors (Lipinski definition) is 6. The number of esters is 1. The number of aromatic nitrogens is 4. The Morgan fingerprint density at radius 3 is 2.81 bits per heavy atom. The van der Waals surface area contributed by atoms with Gasteiger partial charge >= 0.3 is 5.97 Å². The van der Waals surface area contributed by atoms with Crippen molar-refractivity contribution in [2.24, 2.45) is 5.92 Å². The zero-order chi connectivity index (χ0) is 22.2. The van der Waals surface area contributed by atoms with Gasteiger partial charge in [-0.05, 0) is 59.0 Å². The Labute approximate surface area is 191 Å².